The van der Waals surface area contributed by atoms with Crippen LogP contribution in [0.1, 0.15) is 0 Å². The highest BCUT2D eigenvalue weighted by atomic mass is 32.2. The molecule has 22 heavy (non-hydrogen) atoms. The molecule has 1 fully saturated rings. The van der Waals surface area contributed by atoms with Gasteiger partial charge in [-0.15, -0.1) is 10.2 Å². The van der Waals surface area contributed by atoms with Crippen LogP contribution in [0.3, 0.4) is 0 Å². The molecule has 9 heteroatoms. The Balaban J connectivity index is 1.86. The number of amides is 1. The Morgan fingerprint density at radius 1 is 1.23 bits per heavy atom. The minimum atomic E-state index is -0.0478. The Morgan fingerprint density at radius 3 is 2.73 bits per heavy atom. The molecule has 0 aliphatic carbocycles. The van der Waals surface area contributed by atoms with Crippen molar-refractivity contribution in [3.63, 3.8) is 0 Å². The third kappa shape index (κ3) is 3.04. The third-order valence-electron chi connectivity index (χ3n) is 2.83. The molecular formula is C13H12N4O3S2. The van der Waals surface area contributed by atoms with Gasteiger partial charge in [0.15, 0.2) is 16.7 Å². The summed E-state index contributed by atoms with van der Waals surface area (Å²) in [5, 5.41) is 12.6. The van der Waals surface area contributed by atoms with Gasteiger partial charge in [0.1, 0.15) is 5.01 Å². The number of carbonyl (C=O) groups excluding carboxylic acids is 1. The van der Waals surface area contributed by atoms with E-state index in [4.69, 9.17) is 9.47 Å². The number of thioether (sulfide) groups is 1. The number of hydrogen-bond donors (Lipinski definition) is 1. The molecule has 3 rings (SSSR count). The minimum absolute atomic E-state index is 0.0478. The van der Waals surface area contributed by atoms with E-state index in [1.54, 1.807) is 14.2 Å². The number of methoxy groups -OCH3 is 2. The molecule has 1 amide bonds. The van der Waals surface area contributed by atoms with Crippen molar-refractivity contribution in [2.75, 3.05) is 20.0 Å². The number of ether oxygens (including phenoxy) is 2. The van der Waals surface area contributed by atoms with Crippen molar-refractivity contribution in [2.45, 2.75) is 0 Å². The molecule has 0 bridgehead atoms. The van der Waals surface area contributed by atoms with Crippen molar-refractivity contribution >= 4 is 39.3 Å². The highest BCUT2D eigenvalue weighted by Crippen LogP contribution is 2.35. The highest BCUT2D eigenvalue weighted by molar-refractivity contribution is 8.15. The summed E-state index contributed by atoms with van der Waals surface area (Å²) >= 11 is 2.69. The molecule has 1 aliphatic rings. The molecule has 7 nitrogen and oxygen atoms in total. The Kier molecular flexibility index (Phi) is 4.25. The first kappa shape index (κ1) is 14.8. The van der Waals surface area contributed by atoms with E-state index < -0.39 is 0 Å². The topological polar surface area (TPSA) is 85.7 Å². The largest absolute Gasteiger partial charge is 0.493 e. The van der Waals surface area contributed by atoms with Crippen LogP contribution in [0.25, 0.3) is 10.6 Å². The third-order valence-corrected chi connectivity index (χ3v) is 4.57. The number of benzene rings is 1. The molecule has 0 atom stereocenters. The summed E-state index contributed by atoms with van der Waals surface area (Å²) < 4.78 is 10.5. The number of carbonyl (C=O) groups is 1. The lowest BCUT2D eigenvalue weighted by Gasteiger charge is -2.07. The summed E-state index contributed by atoms with van der Waals surface area (Å²) in [6, 6.07) is 5.53. The van der Waals surface area contributed by atoms with Crippen LogP contribution in [-0.2, 0) is 4.79 Å². The molecule has 1 aliphatic heterocycles. The quantitative estimate of drug-likeness (QED) is 0.920. The van der Waals surface area contributed by atoms with Crippen LogP contribution in [0.5, 0.6) is 11.5 Å². The molecular weight excluding hydrogens is 324 g/mol. The van der Waals surface area contributed by atoms with Crippen LogP contribution >= 0.6 is 23.1 Å². The first-order chi connectivity index (χ1) is 10.7. The summed E-state index contributed by atoms with van der Waals surface area (Å²) in [5.74, 6) is 1.62. The van der Waals surface area contributed by atoms with E-state index in [0.717, 1.165) is 10.6 Å². The summed E-state index contributed by atoms with van der Waals surface area (Å²) in [7, 11) is 3.17. The lowest BCUT2D eigenvalue weighted by molar-refractivity contribution is -0.116. The maximum Gasteiger partial charge on any atom is 0.236 e. The second-order valence-electron chi connectivity index (χ2n) is 4.21. The zero-order chi connectivity index (χ0) is 15.5. The molecule has 0 radical (unpaired) electrons. The van der Waals surface area contributed by atoms with Crippen molar-refractivity contribution in [3.05, 3.63) is 18.2 Å². The zero-order valence-corrected chi connectivity index (χ0v) is 13.5. The maximum absolute atomic E-state index is 11.1. The lowest BCUT2D eigenvalue weighted by Crippen LogP contribution is -2.19. The van der Waals surface area contributed by atoms with Crippen LogP contribution in [0.4, 0.5) is 5.13 Å². The number of rotatable bonds is 4. The van der Waals surface area contributed by atoms with Gasteiger partial charge in [0.05, 0.1) is 20.0 Å². The molecule has 1 aromatic heterocycles. The van der Waals surface area contributed by atoms with Gasteiger partial charge in [0.2, 0.25) is 11.0 Å². The Morgan fingerprint density at radius 2 is 2.05 bits per heavy atom. The van der Waals surface area contributed by atoms with Gasteiger partial charge >= 0.3 is 0 Å². The van der Waals surface area contributed by atoms with E-state index >= 15 is 0 Å². The molecule has 1 aromatic carbocycles. The standard InChI is InChI=1S/C13H12N4O3S2/c1-19-8-4-3-7(5-9(8)20-2)11-16-17-13(22-11)15-12-14-10(18)6-21-12/h3-5H,6H2,1-2H3,(H,14,15,17,18). The lowest BCUT2D eigenvalue weighted by atomic mass is 10.2. The fourth-order valence-corrected chi connectivity index (χ4v) is 3.27. The molecule has 2 heterocycles. The van der Waals surface area contributed by atoms with Crippen LogP contribution in [0, 0.1) is 0 Å². The van der Waals surface area contributed by atoms with Crippen LogP contribution < -0.4 is 14.8 Å². The number of nitrogens with zero attached hydrogens (tertiary/aromatic N) is 3. The molecule has 1 N–H and O–H groups in total. The number of amidine groups is 1. The molecule has 1 saturated heterocycles. The van der Waals surface area contributed by atoms with E-state index in [9.17, 15) is 4.79 Å². The molecule has 2 aromatic rings. The highest BCUT2D eigenvalue weighted by Gasteiger charge is 2.17. The Labute approximate surface area is 134 Å². The van der Waals surface area contributed by atoms with Crippen molar-refractivity contribution in [2.24, 2.45) is 4.99 Å². The summed E-state index contributed by atoms with van der Waals surface area (Å²) in [4.78, 5) is 15.4. The van der Waals surface area contributed by atoms with Crippen LogP contribution in [0.15, 0.2) is 23.2 Å². The number of nitrogens with one attached hydrogen (secondary N) is 1. The average molecular weight is 336 g/mol. The number of hydrogen-bond acceptors (Lipinski definition) is 8. The summed E-state index contributed by atoms with van der Waals surface area (Å²) in [6.07, 6.45) is 0. The van der Waals surface area contributed by atoms with Gasteiger partial charge in [0, 0.05) is 5.56 Å². The predicted octanol–water partition coefficient (Wildman–Crippen LogP) is 2.07. The first-order valence-electron chi connectivity index (χ1n) is 6.27. The zero-order valence-electron chi connectivity index (χ0n) is 11.8. The Hall–Kier alpha value is -2.13. The van der Waals surface area contributed by atoms with Crippen molar-refractivity contribution in [1.82, 2.24) is 15.5 Å². The SMILES string of the molecule is COc1ccc(-c2nnc(N=C3NC(=O)CS3)s2)cc1OC. The van der Waals surface area contributed by atoms with Gasteiger partial charge in [-0.05, 0) is 18.2 Å². The fraction of sp³-hybridized carbons (Fsp3) is 0.231. The fourth-order valence-electron chi connectivity index (χ4n) is 1.82. The van der Waals surface area contributed by atoms with Crippen molar-refractivity contribution in [1.29, 1.82) is 0 Å². The monoisotopic (exact) mass is 336 g/mol. The van der Waals surface area contributed by atoms with Gasteiger partial charge in [0.25, 0.3) is 0 Å². The summed E-state index contributed by atoms with van der Waals surface area (Å²) in [6.45, 7) is 0. The van der Waals surface area contributed by atoms with Crippen LogP contribution in [0.2, 0.25) is 0 Å². The molecule has 0 saturated carbocycles. The van der Waals surface area contributed by atoms with E-state index in [-0.39, 0.29) is 5.91 Å². The van der Waals surface area contributed by atoms with Crippen LogP contribution in [-0.4, -0.2) is 41.2 Å². The average Bonchev–Trinajstić information content (AvgIpc) is 3.16. The van der Waals surface area contributed by atoms with Crippen molar-refractivity contribution < 1.29 is 14.3 Å². The van der Waals surface area contributed by atoms with E-state index in [0.29, 0.717) is 27.6 Å². The molecule has 0 spiro atoms. The second kappa shape index (κ2) is 6.32. The second-order valence-corrected chi connectivity index (χ2v) is 6.13. The Bertz CT molecular complexity index is 745. The van der Waals surface area contributed by atoms with Crippen molar-refractivity contribution in [3.8, 4) is 22.1 Å². The van der Waals surface area contributed by atoms with Gasteiger partial charge in [-0.3, -0.25) is 4.79 Å². The normalized spacial score (nSPS) is 15.9. The van der Waals surface area contributed by atoms with Gasteiger partial charge in [-0.25, -0.2) is 0 Å². The number of aliphatic imine (C=N–C) groups is 1. The smallest absolute Gasteiger partial charge is 0.236 e. The van der Waals surface area contributed by atoms with Gasteiger partial charge < -0.3 is 14.8 Å². The van der Waals surface area contributed by atoms with E-state index in [1.165, 1.54) is 23.1 Å². The maximum atomic E-state index is 11.1. The van der Waals surface area contributed by atoms with Gasteiger partial charge in [-0.2, -0.15) is 4.99 Å². The van der Waals surface area contributed by atoms with Gasteiger partial charge in [-0.1, -0.05) is 23.1 Å². The molecule has 114 valence electrons. The first-order valence-corrected chi connectivity index (χ1v) is 8.07. The predicted molar refractivity (Wildman–Crippen MR) is 86.1 cm³/mol. The van der Waals surface area contributed by atoms with E-state index in [2.05, 4.69) is 20.5 Å². The summed E-state index contributed by atoms with van der Waals surface area (Å²) in [5.41, 5.74) is 0.865. The van der Waals surface area contributed by atoms with E-state index in [1.807, 2.05) is 18.2 Å². The minimum Gasteiger partial charge on any atom is -0.493 e. The molecule has 0 unspecified atom stereocenters. The number of aromatic nitrogens is 2.